The Hall–Kier alpha value is -2.37. The van der Waals surface area contributed by atoms with E-state index in [2.05, 4.69) is 24.3 Å². The Morgan fingerprint density at radius 3 is 2.26 bits per heavy atom. The van der Waals surface area contributed by atoms with Gasteiger partial charge in [0.2, 0.25) is 0 Å². The summed E-state index contributed by atoms with van der Waals surface area (Å²) in [5, 5.41) is 9.65. The van der Waals surface area contributed by atoms with Crippen molar-refractivity contribution in [1.29, 1.82) is 0 Å². The minimum Gasteiger partial charge on any atom is -0.448 e. The number of carbonyl (C=O) groups is 1. The second kappa shape index (κ2) is 6.36. The first-order valence-corrected chi connectivity index (χ1v) is 9.50. The molecule has 2 aliphatic heterocycles. The number of amides is 1. The van der Waals surface area contributed by atoms with E-state index in [-0.39, 0.29) is 30.0 Å². The van der Waals surface area contributed by atoms with Gasteiger partial charge in [0.05, 0.1) is 13.2 Å². The minimum absolute atomic E-state index is 0.0681. The van der Waals surface area contributed by atoms with Gasteiger partial charge in [-0.15, -0.1) is 0 Å². The SMILES string of the molecule is O=C(OCC1c2ccccc2-c2ccccc21)N1CC(CO)C2(COC2)C1. The fourth-order valence-electron chi connectivity index (χ4n) is 4.80. The highest BCUT2D eigenvalue weighted by Gasteiger charge is 2.53. The smallest absolute Gasteiger partial charge is 0.409 e. The Labute approximate surface area is 158 Å². The lowest BCUT2D eigenvalue weighted by atomic mass is 9.77. The van der Waals surface area contributed by atoms with Crippen molar-refractivity contribution in [2.45, 2.75) is 5.92 Å². The first kappa shape index (κ1) is 16.8. The lowest BCUT2D eigenvalue weighted by Gasteiger charge is -2.41. The van der Waals surface area contributed by atoms with E-state index in [0.717, 1.165) is 0 Å². The first-order valence-electron chi connectivity index (χ1n) is 9.50. The molecule has 2 heterocycles. The van der Waals surface area contributed by atoms with Crippen molar-refractivity contribution in [1.82, 2.24) is 4.90 Å². The third-order valence-electron chi connectivity index (χ3n) is 6.41. The Morgan fingerprint density at radius 1 is 1.11 bits per heavy atom. The lowest BCUT2D eigenvalue weighted by molar-refractivity contribution is -0.133. The molecule has 1 N–H and O–H groups in total. The van der Waals surface area contributed by atoms with E-state index >= 15 is 0 Å². The van der Waals surface area contributed by atoms with Crippen molar-refractivity contribution in [3.05, 3.63) is 59.7 Å². The zero-order valence-electron chi connectivity index (χ0n) is 15.1. The van der Waals surface area contributed by atoms with Crippen LogP contribution in [0.4, 0.5) is 4.79 Å². The van der Waals surface area contributed by atoms with E-state index < -0.39 is 0 Å². The molecule has 1 atom stereocenters. The molecule has 2 saturated heterocycles. The normalized spacial score (nSPS) is 22.4. The maximum atomic E-state index is 12.7. The quantitative estimate of drug-likeness (QED) is 0.909. The van der Waals surface area contributed by atoms with Crippen LogP contribution in [-0.4, -0.2) is 55.6 Å². The summed E-state index contributed by atoms with van der Waals surface area (Å²) >= 11 is 0. The van der Waals surface area contributed by atoms with Crippen molar-refractivity contribution in [2.75, 3.05) is 39.5 Å². The van der Waals surface area contributed by atoms with Crippen LogP contribution in [0.3, 0.4) is 0 Å². The number of aliphatic hydroxyl groups is 1. The van der Waals surface area contributed by atoms with Gasteiger partial charge in [0, 0.05) is 36.9 Å². The van der Waals surface area contributed by atoms with Gasteiger partial charge in [-0.05, 0) is 22.3 Å². The average molecular weight is 365 g/mol. The topological polar surface area (TPSA) is 59.0 Å². The fourth-order valence-corrected chi connectivity index (χ4v) is 4.80. The van der Waals surface area contributed by atoms with Gasteiger partial charge in [-0.2, -0.15) is 0 Å². The number of benzene rings is 2. The molecule has 0 saturated carbocycles. The molecule has 2 aromatic rings. The molecule has 5 nitrogen and oxygen atoms in total. The van der Waals surface area contributed by atoms with Crippen molar-refractivity contribution in [3.8, 4) is 11.1 Å². The van der Waals surface area contributed by atoms with Crippen LogP contribution in [0.15, 0.2) is 48.5 Å². The molecular formula is C22H23NO4. The molecular weight excluding hydrogens is 342 g/mol. The second-order valence-corrected chi connectivity index (χ2v) is 7.92. The van der Waals surface area contributed by atoms with Gasteiger partial charge < -0.3 is 19.5 Å². The summed E-state index contributed by atoms with van der Waals surface area (Å²) in [6.45, 7) is 2.79. The lowest BCUT2D eigenvalue weighted by Crippen LogP contribution is -2.50. The standard InChI is InChI=1S/C22H23NO4/c24-10-15-9-23(12-22(15)13-26-14-22)21(25)27-11-20-18-7-3-1-5-16(18)17-6-2-4-8-19(17)20/h1-8,15,20,24H,9-14H2. The molecule has 2 fully saturated rings. The predicted octanol–water partition coefficient (Wildman–Crippen LogP) is 2.88. The van der Waals surface area contributed by atoms with Crippen LogP contribution in [0.2, 0.25) is 0 Å². The number of fused-ring (bicyclic) bond motifs is 3. The fraction of sp³-hybridized carbons (Fsp3) is 0.409. The molecule has 140 valence electrons. The van der Waals surface area contributed by atoms with Crippen LogP contribution < -0.4 is 0 Å². The third-order valence-corrected chi connectivity index (χ3v) is 6.41. The van der Waals surface area contributed by atoms with Crippen molar-refractivity contribution in [3.63, 3.8) is 0 Å². The number of aliphatic hydroxyl groups excluding tert-OH is 1. The molecule has 2 aromatic carbocycles. The summed E-state index contributed by atoms with van der Waals surface area (Å²) in [5.74, 6) is 0.144. The zero-order valence-corrected chi connectivity index (χ0v) is 15.1. The number of hydrogen-bond acceptors (Lipinski definition) is 4. The van der Waals surface area contributed by atoms with Crippen LogP contribution in [0.1, 0.15) is 17.0 Å². The number of nitrogens with zero attached hydrogens (tertiary/aromatic N) is 1. The van der Waals surface area contributed by atoms with Gasteiger partial charge in [-0.3, -0.25) is 0 Å². The van der Waals surface area contributed by atoms with Crippen molar-refractivity contribution < 1.29 is 19.4 Å². The predicted molar refractivity (Wildman–Crippen MR) is 100 cm³/mol. The highest BCUT2D eigenvalue weighted by atomic mass is 16.6. The Balaban J connectivity index is 1.31. The highest BCUT2D eigenvalue weighted by molar-refractivity contribution is 5.79. The molecule has 0 radical (unpaired) electrons. The molecule has 1 unspecified atom stereocenters. The van der Waals surface area contributed by atoms with Gasteiger partial charge in [0.25, 0.3) is 0 Å². The molecule has 1 spiro atoms. The summed E-state index contributed by atoms with van der Waals surface area (Å²) in [7, 11) is 0. The summed E-state index contributed by atoms with van der Waals surface area (Å²) in [6.07, 6.45) is -0.293. The molecule has 1 amide bonds. The summed E-state index contributed by atoms with van der Waals surface area (Å²) < 4.78 is 11.1. The maximum absolute atomic E-state index is 12.7. The molecule has 3 aliphatic rings. The number of carbonyl (C=O) groups excluding carboxylic acids is 1. The van der Waals surface area contributed by atoms with Crippen molar-refractivity contribution >= 4 is 6.09 Å². The Morgan fingerprint density at radius 2 is 1.74 bits per heavy atom. The molecule has 0 bridgehead atoms. The van der Waals surface area contributed by atoms with Gasteiger partial charge in [-0.25, -0.2) is 4.79 Å². The van der Waals surface area contributed by atoms with E-state index in [1.165, 1.54) is 22.3 Å². The number of likely N-dealkylation sites (tertiary alicyclic amines) is 1. The van der Waals surface area contributed by atoms with Gasteiger partial charge in [0.15, 0.2) is 0 Å². The summed E-state index contributed by atoms with van der Waals surface area (Å²) in [5.41, 5.74) is 4.79. The Bertz CT molecular complexity index is 831. The molecule has 1 aliphatic carbocycles. The minimum atomic E-state index is -0.293. The van der Waals surface area contributed by atoms with E-state index in [1.807, 2.05) is 24.3 Å². The Kier molecular flexibility index (Phi) is 3.95. The van der Waals surface area contributed by atoms with E-state index in [0.29, 0.717) is 32.9 Å². The van der Waals surface area contributed by atoms with E-state index in [1.54, 1.807) is 4.90 Å². The molecule has 5 rings (SSSR count). The summed E-state index contributed by atoms with van der Waals surface area (Å²) in [4.78, 5) is 14.4. The number of rotatable bonds is 3. The monoisotopic (exact) mass is 365 g/mol. The second-order valence-electron chi connectivity index (χ2n) is 7.92. The highest BCUT2D eigenvalue weighted by Crippen LogP contribution is 2.45. The number of ether oxygens (including phenoxy) is 2. The maximum Gasteiger partial charge on any atom is 0.409 e. The van der Waals surface area contributed by atoms with E-state index in [9.17, 15) is 9.90 Å². The van der Waals surface area contributed by atoms with Crippen LogP contribution in [0.25, 0.3) is 11.1 Å². The van der Waals surface area contributed by atoms with E-state index in [4.69, 9.17) is 9.47 Å². The third kappa shape index (κ3) is 2.57. The van der Waals surface area contributed by atoms with Crippen molar-refractivity contribution in [2.24, 2.45) is 11.3 Å². The van der Waals surface area contributed by atoms with Crippen LogP contribution in [0.5, 0.6) is 0 Å². The molecule has 0 aromatic heterocycles. The van der Waals surface area contributed by atoms with Crippen LogP contribution in [-0.2, 0) is 9.47 Å². The summed E-state index contributed by atoms with van der Waals surface area (Å²) in [6, 6.07) is 16.6. The van der Waals surface area contributed by atoms with Gasteiger partial charge >= 0.3 is 6.09 Å². The molecule has 5 heteroatoms. The van der Waals surface area contributed by atoms with Gasteiger partial charge in [-0.1, -0.05) is 48.5 Å². The average Bonchev–Trinajstić information content (AvgIpc) is 3.23. The largest absolute Gasteiger partial charge is 0.448 e. The number of hydrogen-bond donors (Lipinski definition) is 1. The van der Waals surface area contributed by atoms with Crippen LogP contribution in [0, 0.1) is 11.3 Å². The van der Waals surface area contributed by atoms with Gasteiger partial charge in [0.1, 0.15) is 6.61 Å². The first-order chi connectivity index (χ1) is 13.2. The zero-order chi connectivity index (χ0) is 18.4. The van der Waals surface area contributed by atoms with Crippen LogP contribution >= 0.6 is 0 Å². The molecule has 27 heavy (non-hydrogen) atoms.